The standard InChI is InChI=1S/C16H27N3O2/c1-4-5-9-15(17)16(20)18-13-7-6-8-14(12-13)21-11-10-19(2)3/h6-8,12,15H,4-5,9-11,17H2,1-3H3,(H,18,20)/t15-/m0/s1. The number of amides is 1. The van der Waals surface area contributed by atoms with Crippen molar-refractivity contribution >= 4 is 11.6 Å². The topological polar surface area (TPSA) is 67.6 Å². The Labute approximate surface area is 127 Å². The minimum atomic E-state index is -0.455. The van der Waals surface area contributed by atoms with Crippen LogP contribution >= 0.6 is 0 Å². The smallest absolute Gasteiger partial charge is 0.241 e. The molecule has 0 saturated heterocycles. The first kappa shape index (κ1) is 17.5. The van der Waals surface area contributed by atoms with Crippen LogP contribution in [0.2, 0.25) is 0 Å². The fourth-order valence-electron chi connectivity index (χ4n) is 1.80. The molecule has 0 aliphatic heterocycles. The molecule has 1 atom stereocenters. The van der Waals surface area contributed by atoms with Gasteiger partial charge in [0.1, 0.15) is 12.4 Å². The summed E-state index contributed by atoms with van der Waals surface area (Å²) in [5.74, 6) is 0.602. The molecule has 0 unspecified atom stereocenters. The molecule has 0 bridgehead atoms. The van der Waals surface area contributed by atoms with E-state index < -0.39 is 6.04 Å². The first-order valence-electron chi connectivity index (χ1n) is 7.47. The number of carbonyl (C=O) groups excluding carboxylic acids is 1. The van der Waals surface area contributed by atoms with Gasteiger partial charge in [-0.15, -0.1) is 0 Å². The highest BCUT2D eigenvalue weighted by Gasteiger charge is 2.12. The van der Waals surface area contributed by atoms with E-state index in [0.29, 0.717) is 18.7 Å². The third kappa shape index (κ3) is 7.11. The maximum Gasteiger partial charge on any atom is 0.241 e. The molecule has 5 heteroatoms. The van der Waals surface area contributed by atoms with Crippen LogP contribution in [0, 0.1) is 0 Å². The van der Waals surface area contributed by atoms with Gasteiger partial charge in [0.15, 0.2) is 0 Å². The summed E-state index contributed by atoms with van der Waals surface area (Å²) in [4.78, 5) is 14.0. The predicted octanol–water partition coefficient (Wildman–Crippen LogP) is 2.08. The molecule has 21 heavy (non-hydrogen) atoms. The van der Waals surface area contributed by atoms with Gasteiger partial charge in [-0.1, -0.05) is 25.8 Å². The second-order valence-electron chi connectivity index (χ2n) is 5.42. The number of likely N-dealkylation sites (N-methyl/N-ethyl adjacent to an activating group) is 1. The Morgan fingerprint density at radius 2 is 2.19 bits per heavy atom. The summed E-state index contributed by atoms with van der Waals surface area (Å²) in [7, 11) is 4.00. The quantitative estimate of drug-likeness (QED) is 0.731. The van der Waals surface area contributed by atoms with E-state index in [1.165, 1.54) is 0 Å². The lowest BCUT2D eigenvalue weighted by molar-refractivity contribution is -0.117. The lowest BCUT2D eigenvalue weighted by Gasteiger charge is -2.14. The maximum atomic E-state index is 11.9. The number of rotatable bonds is 9. The van der Waals surface area contributed by atoms with Gasteiger partial charge in [0.05, 0.1) is 6.04 Å². The van der Waals surface area contributed by atoms with Crippen molar-refractivity contribution in [3.63, 3.8) is 0 Å². The van der Waals surface area contributed by atoms with Gasteiger partial charge in [-0.2, -0.15) is 0 Å². The molecule has 118 valence electrons. The number of unbranched alkanes of at least 4 members (excludes halogenated alkanes) is 1. The number of nitrogens with zero attached hydrogens (tertiary/aromatic N) is 1. The summed E-state index contributed by atoms with van der Waals surface area (Å²) in [5.41, 5.74) is 6.57. The van der Waals surface area contributed by atoms with E-state index in [-0.39, 0.29) is 5.91 Å². The summed E-state index contributed by atoms with van der Waals surface area (Å²) in [6.45, 7) is 3.54. The maximum absolute atomic E-state index is 11.9. The third-order valence-electron chi connectivity index (χ3n) is 3.11. The molecular formula is C16H27N3O2. The summed E-state index contributed by atoms with van der Waals surface area (Å²) in [6.07, 6.45) is 2.71. The Kier molecular flexibility index (Phi) is 7.79. The number of hydrogen-bond acceptors (Lipinski definition) is 4. The van der Waals surface area contributed by atoms with Crippen molar-refractivity contribution in [2.24, 2.45) is 5.73 Å². The number of carbonyl (C=O) groups is 1. The molecular weight excluding hydrogens is 266 g/mol. The second-order valence-corrected chi connectivity index (χ2v) is 5.42. The zero-order valence-electron chi connectivity index (χ0n) is 13.3. The van der Waals surface area contributed by atoms with Gasteiger partial charge >= 0.3 is 0 Å². The Morgan fingerprint density at radius 1 is 1.43 bits per heavy atom. The summed E-state index contributed by atoms with van der Waals surface area (Å²) >= 11 is 0. The molecule has 3 N–H and O–H groups in total. The second kappa shape index (κ2) is 9.37. The van der Waals surface area contributed by atoms with Crippen molar-refractivity contribution in [1.82, 2.24) is 4.90 Å². The fourth-order valence-corrected chi connectivity index (χ4v) is 1.80. The lowest BCUT2D eigenvalue weighted by Crippen LogP contribution is -2.35. The molecule has 0 spiro atoms. The summed E-state index contributed by atoms with van der Waals surface area (Å²) in [6, 6.07) is 6.94. The van der Waals surface area contributed by atoms with Crippen LogP contribution in [0.3, 0.4) is 0 Å². The van der Waals surface area contributed by atoms with Crippen LogP contribution in [0.5, 0.6) is 5.75 Å². The van der Waals surface area contributed by atoms with E-state index in [2.05, 4.69) is 17.1 Å². The molecule has 0 aliphatic rings. The minimum Gasteiger partial charge on any atom is -0.492 e. The Bertz CT molecular complexity index is 435. The first-order chi connectivity index (χ1) is 10.0. The molecule has 0 aliphatic carbocycles. The average molecular weight is 293 g/mol. The molecule has 0 heterocycles. The van der Waals surface area contributed by atoms with Crippen molar-refractivity contribution in [1.29, 1.82) is 0 Å². The highest BCUT2D eigenvalue weighted by atomic mass is 16.5. The number of anilines is 1. The first-order valence-corrected chi connectivity index (χ1v) is 7.47. The van der Waals surface area contributed by atoms with Crippen LogP contribution in [0.15, 0.2) is 24.3 Å². The number of ether oxygens (including phenoxy) is 1. The zero-order chi connectivity index (χ0) is 15.7. The van der Waals surface area contributed by atoms with E-state index >= 15 is 0 Å². The monoisotopic (exact) mass is 293 g/mol. The van der Waals surface area contributed by atoms with E-state index in [0.717, 1.165) is 25.1 Å². The van der Waals surface area contributed by atoms with Crippen molar-refractivity contribution in [2.45, 2.75) is 32.2 Å². The van der Waals surface area contributed by atoms with Crippen LogP contribution in [-0.4, -0.2) is 44.1 Å². The Morgan fingerprint density at radius 3 is 2.86 bits per heavy atom. The van der Waals surface area contributed by atoms with Gasteiger partial charge < -0.3 is 20.7 Å². The number of nitrogens with two attached hydrogens (primary N) is 1. The molecule has 0 radical (unpaired) electrons. The average Bonchev–Trinajstić information content (AvgIpc) is 2.44. The third-order valence-corrected chi connectivity index (χ3v) is 3.11. The Hall–Kier alpha value is -1.59. The molecule has 1 rings (SSSR count). The number of hydrogen-bond donors (Lipinski definition) is 2. The van der Waals surface area contributed by atoms with Crippen LogP contribution in [-0.2, 0) is 4.79 Å². The Balaban J connectivity index is 2.49. The number of nitrogens with one attached hydrogen (secondary N) is 1. The largest absolute Gasteiger partial charge is 0.492 e. The van der Waals surface area contributed by atoms with Crippen molar-refractivity contribution in [3.05, 3.63) is 24.3 Å². The predicted molar refractivity (Wildman–Crippen MR) is 86.6 cm³/mol. The fraction of sp³-hybridized carbons (Fsp3) is 0.562. The van der Waals surface area contributed by atoms with Gasteiger partial charge in [0.2, 0.25) is 5.91 Å². The van der Waals surface area contributed by atoms with Crippen molar-refractivity contribution in [3.8, 4) is 5.75 Å². The van der Waals surface area contributed by atoms with Gasteiger partial charge in [0.25, 0.3) is 0 Å². The van der Waals surface area contributed by atoms with E-state index in [1.807, 2.05) is 38.4 Å². The van der Waals surface area contributed by atoms with Crippen LogP contribution in [0.4, 0.5) is 5.69 Å². The molecule has 0 aromatic heterocycles. The van der Waals surface area contributed by atoms with Crippen LogP contribution in [0.25, 0.3) is 0 Å². The van der Waals surface area contributed by atoms with Crippen LogP contribution < -0.4 is 15.8 Å². The highest BCUT2D eigenvalue weighted by Crippen LogP contribution is 2.17. The SMILES string of the molecule is CCCC[C@H](N)C(=O)Nc1cccc(OCCN(C)C)c1. The molecule has 1 amide bonds. The normalized spacial score (nSPS) is 12.2. The van der Waals surface area contributed by atoms with Crippen molar-refractivity contribution in [2.75, 3.05) is 32.6 Å². The minimum absolute atomic E-state index is 0.145. The molecule has 1 aromatic carbocycles. The highest BCUT2D eigenvalue weighted by molar-refractivity contribution is 5.94. The zero-order valence-corrected chi connectivity index (χ0v) is 13.3. The van der Waals surface area contributed by atoms with E-state index in [1.54, 1.807) is 0 Å². The molecule has 5 nitrogen and oxygen atoms in total. The van der Waals surface area contributed by atoms with E-state index in [4.69, 9.17) is 10.5 Å². The van der Waals surface area contributed by atoms with Crippen molar-refractivity contribution < 1.29 is 9.53 Å². The molecule has 0 fully saturated rings. The summed E-state index contributed by atoms with van der Waals surface area (Å²) < 4.78 is 5.64. The number of benzene rings is 1. The lowest BCUT2D eigenvalue weighted by atomic mass is 10.1. The van der Waals surface area contributed by atoms with Gasteiger partial charge in [-0.25, -0.2) is 0 Å². The van der Waals surface area contributed by atoms with E-state index in [9.17, 15) is 4.79 Å². The summed E-state index contributed by atoms with van der Waals surface area (Å²) in [5, 5.41) is 2.84. The van der Waals surface area contributed by atoms with Gasteiger partial charge in [-0.05, 0) is 32.6 Å². The van der Waals surface area contributed by atoms with Crippen LogP contribution in [0.1, 0.15) is 26.2 Å². The molecule has 1 aromatic rings. The van der Waals surface area contributed by atoms with Gasteiger partial charge in [0, 0.05) is 18.3 Å². The van der Waals surface area contributed by atoms with Gasteiger partial charge in [-0.3, -0.25) is 4.79 Å². The molecule has 0 saturated carbocycles.